The van der Waals surface area contributed by atoms with Gasteiger partial charge in [-0.25, -0.2) is 4.79 Å². The zero-order valence-corrected chi connectivity index (χ0v) is 15.4. The van der Waals surface area contributed by atoms with Gasteiger partial charge in [0.2, 0.25) is 0 Å². The maximum atomic E-state index is 12.4. The van der Waals surface area contributed by atoms with E-state index in [2.05, 4.69) is 13.8 Å². The van der Waals surface area contributed by atoms with E-state index in [1.165, 1.54) is 12.7 Å². The van der Waals surface area contributed by atoms with Crippen LogP contribution in [0.25, 0.3) is 0 Å². The number of ether oxygens (including phenoxy) is 1. The van der Waals surface area contributed by atoms with Crippen LogP contribution in [-0.2, 0) is 20.7 Å². The smallest absolute Gasteiger partial charge is 0.334 e. The van der Waals surface area contributed by atoms with Gasteiger partial charge in [-0.15, -0.1) is 0 Å². The molecule has 2 aliphatic carbocycles. The Hall–Kier alpha value is -1.84. The summed E-state index contributed by atoms with van der Waals surface area (Å²) < 4.78 is 10.2. The number of carbonyl (C=O) groups is 2. The molecular formula is C21H28O4. The Labute approximate surface area is 149 Å². The lowest BCUT2D eigenvalue weighted by Crippen LogP contribution is -2.53. The highest BCUT2D eigenvalue weighted by molar-refractivity contribution is 5.95. The number of esters is 1. The molecule has 3 rings (SSSR count). The van der Waals surface area contributed by atoms with Gasteiger partial charge in [-0.3, -0.25) is 0 Å². The Morgan fingerprint density at radius 1 is 1.44 bits per heavy atom. The fourth-order valence-electron chi connectivity index (χ4n) is 5.24. The van der Waals surface area contributed by atoms with Crippen molar-refractivity contribution in [3.8, 4) is 0 Å². The average Bonchev–Trinajstić information content (AvgIpc) is 3.16. The topological polar surface area (TPSA) is 56.5 Å². The molecule has 1 heterocycles. The molecule has 0 N–H and O–H groups in total. The monoisotopic (exact) mass is 344 g/mol. The van der Waals surface area contributed by atoms with Crippen molar-refractivity contribution in [2.24, 2.45) is 22.7 Å². The number of aryl methyl sites for hydroxylation is 1. The van der Waals surface area contributed by atoms with Gasteiger partial charge in [0.15, 0.2) is 0 Å². The van der Waals surface area contributed by atoms with Crippen LogP contribution in [0.2, 0.25) is 0 Å². The number of carbonyl (C=O) groups excluding carboxylic acids is 2. The fraction of sp³-hybridized carbons (Fsp3) is 0.619. The Morgan fingerprint density at radius 3 is 2.88 bits per heavy atom. The van der Waals surface area contributed by atoms with Crippen LogP contribution in [0.4, 0.5) is 0 Å². The van der Waals surface area contributed by atoms with Crippen LogP contribution in [0.3, 0.4) is 0 Å². The number of hydrogen-bond acceptors (Lipinski definition) is 4. The van der Waals surface area contributed by atoms with Gasteiger partial charge in [0, 0.05) is 5.57 Å². The van der Waals surface area contributed by atoms with Gasteiger partial charge in [-0.1, -0.05) is 19.9 Å². The molecule has 1 aromatic rings. The first-order valence-electron chi connectivity index (χ1n) is 9.24. The van der Waals surface area contributed by atoms with Gasteiger partial charge in [0.1, 0.15) is 6.29 Å². The van der Waals surface area contributed by atoms with E-state index in [1.807, 2.05) is 12.1 Å². The molecule has 2 aliphatic rings. The Morgan fingerprint density at radius 2 is 2.24 bits per heavy atom. The largest absolute Gasteiger partial charge is 0.472 e. The minimum atomic E-state index is -0.691. The second-order valence-electron chi connectivity index (χ2n) is 7.97. The van der Waals surface area contributed by atoms with E-state index in [4.69, 9.17) is 9.15 Å². The molecule has 25 heavy (non-hydrogen) atoms. The molecule has 0 radical (unpaired) electrons. The molecule has 4 heteroatoms. The zero-order chi connectivity index (χ0) is 18.1. The highest BCUT2D eigenvalue weighted by atomic mass is 16.5. The first-order valence-corrected chi connectivity index (χ1v) is 9.24. The standard InChI is InChI=1S/C21H28O4/c1-15-7-11-21(14-22)17(19(23)24-3)5-4-6-18(21)20(15,2)10-8-16-9-12-25-13-16/h5,9,12-15,18H,4,6-8,10-11H2,1-3H3/t15-,18-,20+,21-/m1/s1. The molecule has 0 aromatic carbocycles. The highest BCUT2D eigenvalue weighted by Crippen LogP contribution is 2.61. The van der Waals surface area contributed by atoms with Crippen molar-refractivity contribution in [3.63, 3.8) is 0 Å². The summed E-state index contributed by atoms with van der Waals surface area (Å²) in [5.74, 6) is 0.338. The van der Waals surface area contributed by atoms with E-state index >= 15 is 0 Å². The first-order chi connectivity index (χ1) is 12.0. The number of hydrogen-bond donors (Lipinski definition) is 0. The van der Waals surface area contributed by atoms with Crippen molar-refractivity contribution in [2.75, 3.05) is 7.11 Å². The third kappa shape index (κ3) is 2.86. The SMILES string of the molecule is COC(=O)C1=CCC[C@@H]2[C@@](C)(CCc3ccoc3)[C@H](C)CC[C@@]12C=O. The molecule has 0 unspecified atom stereocenters. The van der Waals surface area contributed by atoms with Crippen LogP contribution in [-0.4, -0.2) is 19.4 Å². The molecular weight excluding hydrogens is 316 g/mol. The van der Waals surface area contributed by atoms with Crippen LogP contribution < -0.4 is 0 Å². The summed E-state index contributed by atoms with van der Waals surface area (Å²) in [7, 11) is 1.40. The Bertz CT molecular complexity index is 659. The Balaban J connectivity index is 1.95. The van der Waals surface area contributed by atoms with Gasteiger partial charge in [-0.05, 0) is 67.4 Å². The number of rotatable bonds is 5. The van der Waals surface area contributed by atoms with Gasteiger partial charge < -0.3 is 13.9 Å². The summed E-state index contributed by atoms with van der Waals surface area (Å²) in [6.45, 7) is 4.60. The summed E-state index contributed by atoms with van der Waals surface area (Å²) in [5, 5.41) is 0. The summed E-state index contributed by atoms with van der Waals surface area (Å²) in [5.41, 5.74) is 1.09. The fourth-order valence-corrected chi connectivity index (χ4v) is 5.24. The normalized spacial score (nSPS) is 34.8. The molecule has 0 aliphatic heterocycles. The molecule has 136 valence electrons. The van der Waals surface area contributed by atoms with Crippen molar-refractivity contribution in [1.29, 1.82) is 0 Å². The molecule has 4 atom stereocenters. The molecule has 0 saturated heterocycles. The van der Waals surface area contributed by atoms with E-state index in [9.17, 15) is 9.59 Å². The molecule has 4 nitrogen and oxygen atoms in total. The van der Waals surface area contributed by atoms with Crippen LogP contribution in [0.1, 0.15) is 51.5 Å². The molecule has 1 fully saturated rings. The second kappa shape index (κ2) is 6.81. The third-order valence-electron chi connectivity index (χ3n) is 6.99. The lowest BCUT2D eigenvalue weighted by Gasteiger charge is -2.56. The predicted molar refractivity (Wildman–Crippen MR) is 94.9 cm³/mol. The number of furan rings is 1. The number of aldehydes is 1. The van der Waals surface area contributed by atoms with E-state index in [1.54, 1.807) is 12.5 Å². The molecule has 1 saturated carbocycles. The van der Waals surface area contributed by atoms with Crippen LogP contribution in [0.15, 0.2) is 34.7 Å². The molecule has 0 amide bonds. The summed E-state index contributed by atoms with van der Waals surface area (Å²) >= 11 is 0. The highest BCUT2D eigenvalue weighted by Gasteiger charge is 2.57. The van der Waals surface area contributed by atoms with Gasteiger partial charge in [0.25, 0.3) is 0 Å². The van der Waals surface area contributed by atoms with Gasteiger partial charge >= 0.3 is 5.97 Å². The lowest BCUT2D eigenvalue weighted by atomic mass is 9.46. The van der Waals surface area contributed by atoms with Crippen molar-refractivity contribution < 1.29 is 18.7 Å². The molecule has 0 spiro atoms. The molecule has 1 aromatic heterocycles. The zero-order valence-electron chi connectivity index (χ0n) is 15.4. The van der Waals surface area contributed by atoms with Gasteiger partial charge in [-0.2, -0.15) is 0 Å². The maximum Gasteiger partial charge on any atom is 0.334 e. The summed E-state index contributed by atoms with van der Waals surface area (Å²) in [4.78, 5) is 24.7. The van der Waals surface area contributed by atoms with Gasteiger partial charge in [0.05, 0.1) is 25.1 Å². The van der Waals surface area contributed by atoms with E-state index in [0.717, 1.165) is 44.8 Å². The van der Waals surface area contributed by atoms with Crippen molar-refractivity contribution in [2.45, 2.75) is 52.4 Å². The van der Waals surface area contributed by atoms with Crippen molar-refractivity contribution in [3.05, 3.63) is 35.8 Å². The van der Waals surface area contributed by atoms with Crippen LogP contribution in [0.5, 0.6) is 0 Å². The predicted octanol–water partition coefficient (Wildman–Crippen LogP) is 4.34. The van der Waals surface area contributed by atoms with Crippen LogP contribution in [0, 0.1) is 22.7 Å². The first kappa shape index (κ1) is 18.0. The van der Waals surface area contributed by atoms with E-state index in [0.29, 0.717) is 11.5 Å². The second-order valence-corrected chi connectivity index (χ2v) is 7.97. The van der Waals surface area contributed by atoms with E-state index in [-0.39, 0.29) is 17.3 Å². The van der Waals surface area contributed by atoms with Crippen molar-refractivity contribution in [1.82, 2.24) is 0 Å². The third-order valence-corrected chi connectivity index (χ3v) is 6.99. The van der Waals surface area contributed by atoms with Crippen molar-refractivity contribution >= 4 is 12.3 Å². The summed E-state index contributed by atoms with van der Waals surface area (Å²) in [6, 6.07) is 2.00. The average molecular weight is 344 g/mol. The number of allylic oxidation sites excluding steroid dienone is 1. The minimum Gasteiger partial charge on any atom is -0.472 e. The summed E-state index contributed by atoms with van der Waals surface area (Å²) in [6.07, 6.45) is 11.9. The quantitative estimate of drug-likeness (QED) is 0.589. The van der Waals surface area contributed by atoms with E-state index < -0.39 is 5.41 Å². The number of fused-ring (bicyclic) bond motifs is 1. The maximum absolute atomic E-state index is 12.4. The lowest BCUT2D eigenvalue weighted by molar-refractivity contribution is -0.145. The minimum absolute atomic E-state index is 0.00393. The number of methoxy groups -OCH3 is 1. The Kier molecular flexibility index (Phi) is 4.90. The molecule has 0 bridgehead atoms. The van der Waals surface area contributed by atoms with Crippen LogP contribution >= 0.6 is 0 Å².